The zero-order valence-electron chi connectivity index (χ0n) is 19.2. The van der Waals surface area contributed by atoms with Gasteiger partial charge in [0.2, 0.25) is 16.9 Å². The highest BCUT2D eigenvalue weighted by atomic mass is 19.1. The summed E-state index contributed by atoms with van der Waals surface area (Å²) in [6.45, 7) is 1.95. The van der Waals surface area contributed by atoms with Crippen molar-refractivity contribution in [2.24, 2.45) is 7.05 Å². The molecule has 0 spiro atoms. The SMILES string of the molecule is CCOCOc1c(-c2ncnn2C)oc2cc(C(=O)OC)cc(OCc3ccc(F)cc3)c2c1=O. The van der Waals surface area contributed by atoms with E-state index in [4.69, 9.17) is 23.4 Å². The molecule has 0 amide bonds. The van der Waals surface area contributed by atoms with Crippen LogP contribution in [0.1, 0.15) is 22.8 Å². The quantitative estimate of drug-likeness (QED) is 0.200. The molecule has 0 radical (unpaired) electrons. The number of carbonyl (C=O) groups is 1. The van der Waals surface area contributed by atoms with E-state index < -0.39 is 11.4 Å². The lowest BCUT2D eigenvalue weighted by atomic mass is 10.1. The number of esters is 1. The third-order valence-corrected chi connectivity index (χ3v) is 5.05. The summed E-state index contributed by atoms with van der Waals surface area (Å²) in [5.41, 5.74) is 0.239. The maximum Gasteiger partial charge on any atom is 0.338 e. The van der Waals surface area contributed by atoms with E-state index in [2.05, 4.69) is 10.1 Å². The number of benzene rings is 2. The Bertz CT molecular complexity index is 1410. The lowest BCUT2D eigenvalue weighted by Gasteiger charge is -2.14. The fourth-order valence-corrected chi connectivity index (χ4v) is 3.32. The van der Waals surface area contributed by atoms with E-state index in [1.807, 2.05) is 0 Å². The van der Waals surface area contributed by atoms with Crippen LogP contribution in [0.5, 0.6) is 11.5 Å². The first kappa shape index (κ1) is 23.9. The van der Waals surface area contributed by atoms with Gasteiger partial charge in [-0.25, -0.2) is 18.9 Å². The number of ether oxygens (including phenoxy) is 4. The van der Waals surface area contributed by atoms with Gasteiger partial charge in [0.05, 0.1) is 12.7 Å². The number of hydrogen-bond acceptors (Lipinski definition) is 9. The van der Waals surface area contributed by atoms with Crippen LogP contribution in [0.15, 0.2) is 51.9 Å². The first-order valence-electron chi connectivity index (χ1n) is 10.6. The number of halogens is 1. The van der Waals surface area contributed by atoms with Crippen LogP contribution in [-0.2, 0) is 23.1 Å². The number of rotatable bonds is 9. The van der Waals surface area contributed by atoms with Crippen molar-refractivity contribution in [3.8, 4) is 23.1 Å². The Balaban J connectivity index is 1.90. The van der Waals surface area contributed by atoms with Crippen molar-refractivity contribution in [1.29, 1.82) is 0 Å². The fraction of sp³-hybridized carbons (Fsp3) is 0.250. The lowest BCUT2D eigenvalue weighted by molar-refractivity contribution is 0.0212. The van der Waals surface area contributed by atoms with Gasteiger partial charge in [-0.05, 0) is 36.8 Å². The van der Waals surface area contributed by atoms with Crippen LogP contribution in [0.3, 0.4) is 0 Å². The van der Waals surface area contributed by atoms with Gasteiger partial charge < -0.3 is 23.4 Å². The molecule has 11 heteroatoms. The van der Waals surface area contributed by atoms with Crippen molar-refractivity contribution in [3.05, 3.63) is 69.9 Å². The van der Waals surface area contributed by atoms with E-state index >= 15 is 0 Å². The Morgan fingerprint density at radius 3 is 2.60 bits per heavy atom. The van der Waals surface area contributed by atoms with Crippen molar-refractivity contribution in [2.75, 3.05) is 20.5 Å². The second-order valence-corrected chi connectivity index (χ2v) is 7.31. The molecule has 0 aliphatic heterocycles. The normalized spacial score (nSPS) is 11.0. The van der Waals surface area contributed by atoms with Gasteiger partial charge in [-0.15, -0.1) is 0 Å². The van der Waals surface area contributed by atoms with E-state index in [0.717, 1.165) is 0 Å². The van der Waals surface area contributed by atoms with Crippen molar-refractivity contribution < 1.29 is 32.5 Å². The van der Waals surface area contributed by atoms with Crippen LogP contribution >= 0.6 is 0 Å². The van der Waals surface area contributed by atoms with Gasteiger partial charge in [-0.1, -0.05) is 12.1 Å². The van der Waals surface area contributed by atoms with Crippen molar-refractivity contribution in [1.82, 2.24) is 14.8 Å². The minimum absolute atomic E-state index is 0.000377. The van der Waals surface area contributed by atoms with Crippen LogP contribution in [-0.4, -0.2) is 41.2 Å². The second-order valence-electron chi connectivity index (χ2n) is 7.31. The summed E-state index contributed by atoms with van der Waals surface area (Å²) in [6.07, 6.45) is 1.30. The number of methoxy groups -OCH3 is 1. The standard InChI is InChI=1S/C24H22FN3O7/c1-4-32-13-34-21-20(29)19-17(33-11-14-5-7-16(25)8-6-14)9-15(24(30)31-3)10-18(19)35-22(21)23-26-12-27-28(23)2/h5-10,12H,4,11,13H2,1-3H3. The Morgan fingerprint density at radius 2 is 1.94 bits per heavy atom. The summed E-state index contributed by atoms with van der Waals surface area (Å²) in [6, 6.07) is 8.44. The third kappa shape index (κ3) is 4.99. The third-order valence-electron chi connectivity index (χ3n) is 5.05. The van der Waals surface area contributed by atoms with E-state index in [1.165, 1.54) is 42.4 Å². The Labute approximate surface area is 198 Å². The van der Waals surface area contributed by atoms with Crippen LogP contribution in [0.25, 0.3) is 22.6 Å². The smallest absolute Gasteiger partial charge is 0.338 e. The monoisotopic (exact) mass is 483 g/mol. The molecule has 0 aliphatic rings. The van der Waals surface area contributed by atoms with Gasteiger partial charge in [0.1, 0.15) is 35.5 Å². The highest BCUT2D eigenvalue weighted by Crippen LogP contribution is 2.34. The van der Waals surface area contributed by atoms with E-state index in [-0.39, 0.29) is 58.8 Å². The predicted octanol–water partition coefficient (Wildman–Crippen LogP) is 3.47. The molecule has 4 aromatic rings. The maximum absolute atomic E-state index is 13.6. The Morgan fingerprint density at radius 1 is 1.17 bits per heavy atom. The first-order chi connectivity index (χ1) is 16.9. The summed E-state index contributed by atoms with van der Waals surface area (Å²) >= 11 is 0. The number of aromatic nitrogens is 3. The Hall–Kier alpha value is -4.25. The van der Waals surface area contributed by atoms with Crippen molar-refractivity contribution >= 4 is 16.9 Å². The zero-order valence-corrected chi connectivity index (χ0v) is 19.2. The van der Waals surface area contributed by atoms with Gasteiger partial charge in [0.25, 0.3) is 0 Å². The highest BCUT2D eigenvalue weighted by molar-refractivity contribution is 5.97. The van der Waals surface area contributed by atoms with Crippen LogP contribution in [0.4, 0.5) is 4.39 Å². The van der Waals surface area contributed by atoms with Crippen molar-refractivity contribution in [2.45, 2.75) is 13.5 Å². The van der Waals surface area contributed by atoms with Crippen LogP contribution in [0, 0.1) is 5.82 Å². The number of hydrogen-bond donors (Lipinski definition) is 0. The molecule has 0 atom stereocenters. The summed E-state index contributed by atoms with van der Waals surface area (Å²) in [5.74, 6) is -0.898. The van der Waals surface area contributed by atoms with Gasteiger partial charge >= 0.3 is 5.97 Å². The molecule has 35 heavy (non-hydrogen) atoms. The summed E-state index contributed by atoms with van der Waals surface area (Å²) in [4.78, 5) is 30.1. The largest absolute Gasteiger partial charge is 0.488 e. The van der Waals surface area contributed by atoms with E-state index in [0.29, 0.717) is 12.2 Å². The molecule has 0 unspecified atom stereocenters. The molecule has 182 valence electrons. The second kappa shape index (κ2) is 10.3. The minimum atomic E-state index is -0.655. The van der Waals surface area contributed by atoms with Gasteiger partial charge in [-0.2, -0.15) is 5.10 Å². The topological polar surface area (TPSA) is 115 Å². The number of fused-ring (bicyclic) bond motifs is 1. The van der Waals surface area contributed by atoms with E-state index in [1.54, 1.807) is 26.1 Å². The molecule has 4 rings (SSSR count). The highest BCUT2D eigenvalue weighted by Gasteiger charge is 2.25. The first-order valence-corrected chi connectivity index (χ1v) is 10.6. The van der Waals surface area contributed by atoms with E-state index in [9.17, 15) is 14.0 Å². The molecule has 2 aromatic carbocycles. The molecule has 10 nitrogen and oxygen atoms in total. The van der Waals surface area contributed by atoms with Gasteiger partial charge in [0, 0.05) is 13.7 Å². The molecule has 2 heterocycles. The molecular formula is C24H22FN3O7. The molecule has 2 aromatic heterocycles. The minimum Gasteiger partial charge on any atom is -0.488 e. The summed E-state index contributed by atoms with van der Waals surface area (Å²) < 4.78 is 42.3. The average Bonchev–Trinajstić information content (AvgIpc) is 3.29. The Kier molecular flexibility index (Phi) is 7.06. The lowest BCUT2D eigenvalue weighted by Crippen LogP contribution is -2.15. The molecule has 0 fully saturated rings. The van der Waals surface area contributed by atoms with Gasteiger partial charge in [0.15, 0.2) is 12.6 Å². The zero-order chi connectivity index (χ0) is 24.9. The summed E-state index contributed by atoms with van der Waals surface area (Å²) in [5, 5.41) is 4.06. The molecular weight excluding hydrogens is 461 g/mol. The maximum atomic E-state index is 13.6. The average molecular weight is 483 g/mol. The molecule has 0 bridgehead atoms. The number of nitrogens with zero attached hydrogens (tertiary/aromatic N) is 3. The van der Waals surface area contributed by atoms with Crippen molar-refractivity contribution in [3.63, 3.8) is 0 Å². The van der Waals surface area contributed by atoms with Crippen LogP contribution in [0.2, 0.25) is 0 Å². The number of carbonyl (C=O) groups excluding carboxylic acids is 1. The molecule has 0 saturated heterocycles. The molecule has 0 saturated carbocycles. The number of aryl methyl sites for hydroxylation is 1. The molecule has 0 N–H and O–H groups in total. The van der Waals surface area contributed by atoms with Gasteiger partial charge in [-0.3, -0.25) is 4.79 Å². The molecule has 0 aliphatic carbocycles. The predicted molar refractivity (Wildman–Crippen MR) is 122 cm³/mol. The van der Waals surface area contributed by atoms with Crippen LogP contribution < -0.4 is 14.9 Å². The summed E-state index contributed by atoms with van der Waals surface area (Å²) in [7, 11) is 2.86. The fourth-order valence-electron chi connectivity index (χ4n) is 3.32.